The SMILES string of the molecule is C1CO[C@@H]2OCC[C@H]2C1. The predicted octanol–water partition coefficient (Wildman–Crippen LogP) is 1.16. The highest BCUT2D eigenvalue weighted by Crippen LogP contribution is 2.29. The van der Waals surface area contributed by atoms with Crippen LogP contribution in [0, 0.1) is 5.92 Å². The van der Waals surface area contributed by atoms with Gasteiger partial charge in [-0.15, -0.1) is 0 Å². The summed E-state index contributed by atoms with van der Waals surface area (Å²) in [7, 11) is 0. The van der Waals surface area contributed by atoms with Gasteiger partial charge in [0, 0.05) is 12.5 Å². The molecule has 0 aromatic carbocycles. The molecule has 2 heterocycles. The number of ether oxygens (including phenoxy) is 2. The highest BCUT2D eigenvalue weighted by molar-refractivity contribution is 4.72. The van der Waals surface area contributed by atoms with Crippen LogP contribution in [0.15, 0.2) is 0 Å². The van der Waals surface area contributed by atoms with Crippen LogP contribution in [0.25, 0.3) is 0 Å². The van der Waals surface area contributed by atoms with Gasteiger partial charge in [-0.2, -0.15) is 0 Å². The molecule has 2 nitrogen and oxygen atoms in total. The lowest BCUT2D eigenvalue weighted by Gasteiger charge is -2.23. The van der Waals surface area contributed by atoms with Gasteiger partial charge in [0.25, 0.3) is 0 Å². The molecule has 0 spiro atoms. The van der Waals surface area contributed by atoms with E-state index in [0.29, 0.717) is 0 Å². The van der Waals surface area contributed by atoms with Gasteiger partial charge in [-0.25, -0.2) is 0 Å². The summed E-state index contributed by atoms with van der Waals surface area (Å²) in [4.78, 5) is 0. The maximum absolute atomic E-state index is 5.38. The van der Waals surface area contributed by atoms with Gasteiger partial charge in [-0.3, -0.25) is 0 Å². The molecule has 2 aliphatic heterocycles. The summed E-state index contributed by atoms with van der Waals surface area (Å²) >= 11 is 0. The lowest BCUT2D eigenvalue weighted by Crippen LogP contribution is -2.25. The van der Waals surface area contributed by atoms with Crippen molar-refractivity contribution >= 4 is 0 Å². The van der Waals surface area contributed by atoms with Crippen LogP contribution in [0.1, 0.15) is 19.3 Å². The minimum Gasteiger partial charge on any atom is -0.352 e. The highest BCUT2D eigenvalue weighted by atomic mass is 16.7. The quantitative estimate of drug-likeness (QED) is 0.487. The monoisotopic (exact) mass is 128 g/mol. The fraction of sp³-hybridized carbons (Fsp3) is 1.00. The third kappa shape index (κ3) is 0.970. The van der Waals surface area contributed by atoms with E-state index in [1.807, 2.05) is 0 Å². The van der Waals surface area contributed by atoms with Gasteiger partial charge < -0.3 is 9.47 Å². The topological polar surface area (TPSA) is 18.5 Å². The van der Waals surface area contributed by atoms with E-state index in [-0.39, 0.29) is 6.29 Å². The lowest BCUT2D eigenvalue weighted by molar-refractivity contribution is -0.150. The Hall–Kier alpha value is -0.0800. The zero-order valence-corrected chi connectivity index (χ0v) is 5.51. The summed E-state index contributed by atoms with van der Waals surface area (Å²) in [6.45, 7) is 1.82. The second-order valence-corrected chi connectivity index (χ2v) is 2.80. The maximum atomic E-state index is 5.38. The van der Waals surface area contributed by atoms with Crippen molar-refractivity contribution in [2.45, 2.75) is 25.6 Å². The second-order valence-electron chi connectivity index (χ2n) is 2.80. The van der Waals surface area contributed by atoms with E-state index in [1.165, 1.54) is 19.3 Å². The Morgan fingerprint density at radius 1 is 1.00 bits per heavy atom. The van der Waals surface area contributed by atoms with Crippen molar-refractivity contribution in [2.24, 2.45) is 5.92 Å². The Bertz CT molecular complexity index is 91.1. The van der Waals surface area contributed by atoms with Crippen molar-refractivity contribution in [3.8, 4) is 0 Å². The molecule has 0 amide bonds. The van der Waals surface area contributed by atoms with Gasteiger partial charge in [0.2, 0.25) is 0 Å². The average Bonchev–Trinajstić information content (AvgIpc) is 2.33. The number of fused-ring (bicyclic) bond motifs is 1. The van der Waals surface area contributed by atoms with Gasteiger partial charge in [-0.05, 0) is 19.3 Å². The normalized spacial score (nSPS) is 42.7. The zero-order valence-electron chi connectivity index (χ0n) is 5.51. The number of hydrogen-bond donors (Lipinski definition) is 0. The minimum atomic E-state index is 0.166. The zero-order chi connectivity index (χ0) is 6.10. The van der Waals surface area contributed by atoms with Crippen molar-refractivity contribution in [2.75, 3.05) is 13.2 Å². The van der Waals surface area contributed by atoms with Crippen LogP contribution >= 0.6 is 0 Å². The molecule has 0 unspecified atom stereocenters. The van der Waals surface area contributed by atoms with E-state index >= 15 is 0 Å². The van der Waals surface area contributed by atoms with Crippen LogP contribution in [0.4, 0.5) is 0 Å². The van der Waals surface area contributed by atoms with Gasteiger partial charge >= 0.3 is 0 Å². The van der Waals surface area contributed by atoms with Crippen LogP contribution in [0.5, 0.6) is 0 Å². The van der Waals surface area contributed by atoms with E-state index in [9.17, 15) is 0 Å². The van der Waals surface area contributed by atoms with Crippen LogP contribution in [0.2, 0.25) is 0 Å². The van der Waals surface area contributed by atoms with Crippen molar-refractivity contribution in [1.82, 2.24) is 0 Å². The number of rotatable bonds is 0. The van der Waals surface area contributed by atoms with Gasteiger partial charge in [0.1, 0.15) is 0 Å². The van der Waals surface area contributed by atoms with Crippen molar-refractivity contribution in [3.63, 3.8) is 0 Å². The molecule has 52 valence electrons. The molecule has 2 heteroatoms. The Morgan fingerprint density at radius 2 is 1.89 bits per heavy atom. The van der Waals surface area contributed by atoms with Crippen molar-refractivity contribution in [1.29, 1.82) is 0 Å². The van der Waals surface area contributed by atoms with Crippen LogP contribution < -0.4 is 0 Å². The fourth-order valence-corrected chi connectivity index (χ4v) is 1.62. The molecule has 2 rings (SSSR count). The second kappa shape index (κ2) is 2.27. The van der Waals surface area contributed by atoms with E-state index < -0.39 is 0 Å². The molecule has 0 aliphatic carbocycles. The largest absolute Gasteiger partial charge is 0.352 e. The van der Waals surface area contributed by atoms with E-state index in [4.69, 9.17) is 9.47 Å². The molecular weight excluding hydrogens is 116 g/mol. The summed E-state index contributed by atoms with van der Waals surface area (Å²) in [6, 6.07) is 0. The van der Waals surface area contributed by atoms with Crippen LogP contribution in [-0.2, 0) is 9.47 Å². The maximum Gasteiger partial charge on any atom is 0.160 e. The first-order valence-electron chi connectivity index (χ1n) is 3.70. The molecule has 0 N–H and O–H groups in total. The first-order chi connectivity index (χ1) is 4.47. The highest BCUT2D eigenvalue weighted by Gasteiger charge is 2.30. The summed E-state index contributed by atoms with van der Waals surface area (Å²) in [6.07, 6.45) is 3.92. The third-order valence-electron chi connectivity index (χ3n) is 2.16. The van der Waals surface area contributed by atoms with Gasteiger partial charge in [-0.1, -0.05) is 0 Å². The van der Waals surface area contributed by atoms with E-state index in [0.717, 1.165) is 19.1 Å². The molecule has 0 aromatic rings. The molecule has 2 fully saturated rings. The lowest BCUT2D eigenvalue weighted by atomic mass is 10.00. The molecule has 0 saturated carbocycles. The van der Waals surface area contributed by atoms with Crippen LogP contribution in [0.3, 0.4) is 0 Å². The summed E-state index contributed by atoms with van der Waals surface area (Å²) in [5.41, 5.74) is 0. The molecule has 2 atom stereocenters. The fourth-order valence-electron chi connectivity index (χ4n) is 1.62. The van der Waals surface area contributed by atoms with E-state index in [1.54, 1.807) is 0 Å². The molecule has 0 bridgehead atoms. The summed E-state index contributed by atoms with van der Waals surface area (Å²) in [5.74, 6) is 0.721. The summed E-state index contributed by atoms with van der Waals surface area (Å²) < 4.78 is 10.7. The predicted molar refractivity (Wildman–Crippen MR) is 33.0 cm³/mol. The Balaban J connectivity index is 1.97. The molecular formula is C7H12O2. The first kappa shape index (κ1) is 5.69. The molecule has 2 saturated heterocycles. The molecule has 2 aliphatic rings. The standard InChI is InChI=1S/C7H12O2/c1-2-6-3-5-9-7(6)8-4-1/h6-7H,1-5H2/t6-,7-/m1/s1. The van der Waals surface area contributed by atoms with Crippen LogP contribution in [-0.4, -0.2) is 19.5 Å². The van der Waals surface area contributed by atoms with Crippen molar-refractivity contribution < 1.29 is 9.47 Å². The summed E-state index contributed by atoms with van der Waals surface area (Å²) in [5, 5.41) is 0. The smallest absolute Gasteiger partial charge is 0.160 e. The molecule has 0 aromatic heterocycles. The van der Waals surface area contributed by atoms with Gasteiger partial charge in [0.05, 0.1) is 6.61 Å². The first-order valence-corrected chi connectivity index (χ1v) is 3.70. The molecule has 0 radical (unpaired) electrons. The Kier molecular flexibility index (Phi) is 1.44. The molecule has 9 heavy (non-hydrogen) atoms. The average molecular weight is 128 g/mol. The Labute approximate surface area is 55.1 Å². The third-order valence-corrected chi connectivity index (χ3v) is 2.16. The minimum absolute atomic E-state index is 0.166. The number of hydrogen-bond acceptors (Lipinski definition) is 2. The van der Waals surface area contributed by atoms with Gasteiger partial charge in [0.15, 0.2) is 6.29 Å². The van der Waals surface area contributed by atoms with E-state index in [2.05, 4.69) is 0 Å². The van der Waals surface area contributed by atoms with Crippen molar-refractivity contribution in [3.05, 3.63) is 0 Å². The Morgan fingerprint density at radius 3 is 2.78 bits per heavy atom.